The van der Waals surface area contributed by atoms with Crippen LogP contribution in [0.1, 0.15) is 5.56 Å². The number of carbonyl (C=O) groups excluding carboxylic acids is 1. The number of amides is 1. The zero-order chi connectivity index (χ0) is 15.7. The van der Waals surface area contributed by atoms with E-state index in [-0.39, 0.29) is 19.1 Å². The van der Waals surface area contributed by atoms with Crippen LogP contribution in [-0.4, -0.2) is 37.2 Å². The first-order valence-corrected chi connectivity index (χ1v) is 5.99. The van der Waals surface area contributed by atoms with Gasteiger partial charge in [-0.15, -0.1) is 6.42 Å². The van der Waals surface area contributed by atoms with E-state index in [9.17, 15) is 9.59 Å². The van der Waals surface area contributed by atoms with Crippen molar-refractivity contribution >= 4 is 18.0 Å². The first-order valence-electron chi connectivity index (χ1n) is 5.99. The van der Waals surface area contributed by atoms with Crippen molar-refractivity contribution in [3.63, 3.8) is 0 Å². The minimum atomic E-state index is -1.09. The molecule has 0 spiro atoms. The molecule has 0 aromatic heterocycles. The van der Waals surface area contributed by atoms with E-state index in [4.69, 9.17) is 21.0 Å². The van der Waals surface area contributed by atoms with Crippen LogP contribution in [0.4, 0.5) is 0 Å². The summed E-state index contributed by atoms with van der Waals surface area (Å²) in [5, 5.41) is 11.1. The Kier molecular flexibility index (Phi) is 6.35. The summed E-state index contributed by atoms with van der Waals surface area (Å²) in [5.74, 6) is 1.73. The van der Waals surface area contributed by atoms with E-state index in [1.165, 1.54) is 13.2 Å². The van der Waals surface area contributed by atoms with Gasteiger partial charge in [-0.3, -0.25) is 4.79 Å². The van der Waals surface area contributed by atoms with Crippen LogP contribution >= 0.6 is 0 Å². The number of carboxylic acid groups (broad SMARTS) is 1. The third-order valence-corrected chi connectivity index (χ3v) is 2.37. The molecule has 2 N–H and O–H groups in total. The summed E-state index contributed by atoms with van der Waals surface area (Å²) >= 11 is 0. The van der Waals surface area contributed by atoms with E-state index in [0.29, 0.717) is 17.1 Å². The second kappa shape index (κ2) is 8.27. The second-order valence-corrected chi connectivity index (χ2v) is 3.84. The molecule has 6 nitrogen and oxygen atoms in total. The highest BCUT2D eigenvalue weighted by Gasteiger charge is 2.07. The van der Waals surface area contributed by atoms with E-state index >= 15 is 0 Å². The average molecular weight is 289 g/mol. The summed E-state index contributed by atoms with van der Waals surface area (Å²) in [7, 11) is 1.49. The number of benzene rings is 1. The van der Waals surface area contributed by atoms with Gasteiger partial charge in [-0.25, -0.2) is 4.79 Å². The van der Waals surface area contributed by atoms with Crippen LogP contribution < -0.4 is 14.8 Å². The summed E-state index contributed by atoms with van der Waals surface area (Å²) < 4.78 is 10.4. The molecule has 0 saturated heterocycles. The first-order chi connectivity index (χ1) is 10.1. The third-order valence-electron chi connectivity index (χ3n) is 2.37. The molecule has 0 heterocycles. The van der Waals surface area contributed by atoms with Crippen LogP contribution in [0.25, 0.3) is 6.08 Å². The molecule has 0 fully saturated rings. The van der Waals surface area contributed by atoms with Crippen LogP contribution in [0.2, 0.25) is 0 Å². The molecular weight excluding hydrogens is 274 g/mol. The Morgan fingerprint density at radius 2 is 2.24 bits per heavy atom. The Bertz CT molecular complexity index is 586. The van der Waals surface area contributed by atoms with Crippen molar-refractivity contribution in [3.05, 3.63) is 29.8 Å². The zero-order valence-corrected chi connectivity index (χ0v) is 11.5. The highest BCUT2D eigenvalue weighted by atomic mass is 16.5. The van der Waals surface area contributed by atoms with Gasteiger partial charge in [0.05, 0.1) is 13.7 Å². The third kappa shape index (κ3) is 5.70. The molecule has 1 aromatic carbocycles. The van der Waals surface area contributed by atoms with Gasteiger partial charge in [0, 0.05) is 11.6 Å². The predicted octanol–water partition coefficient (Wildman–Crippen LogP) is 0.921. The Balaban J connectivity index is 2.83. The normalized spacial score (nSPS) is 9.90. The maximum absolute atomic E-state index is 11.4. The number of hydrogen-bond donors (Lipinski definition) is 2. The first kappa shape index (κ1) is 16.1. The van der Waals surface area contributed by atoms with E-state index in [1.807, 2.05) is 0 Å². The van der Waals surface area contributed by atoms with E-state index in [2.05, 4.69) is 11.2 Å². The molecular formula is C15H15NO5. The summed E-state index contributed by atoms with van der Waals surface area (Å²) in [6.45, 7) is -0.0987. The van der Waals surface area contributed by atoms with Crippen molar-refractivity contribution in [2.24, 2.45) is 0 Å². The Labute approximate surface area is 122 Å². The van der Waals surface area contributed by atoms with Gasteiger partial charge in [0.25, 0.3) is 5.91 Å². The number of terminal acetylenes is 1. The van der Waals surface area contributed by atoms with Gasteiger partial charge in [-0.1, -0.05) is 5.92 Å². The highest BCUT2D eigenvalue weighted by molar-refractivity contribution is 5.86. The molecule has 6 heteroatoms. The largest absolute Gasteiger partial charge is 0.497 e. The van der Waals surface area contributed by atoms with Gasteiger partial charge in [-0.2, -0.15) is 0 Å². The minimum absolute atomic E-state index is 0.122. The van der Waals surface area contributed by atoms with Crippen molar-refractivity contribution in [1.82, 2.24) is 5.32 Å². The number of ether oxygens (including phenoxy) is 2. The zero-order valence-electron chi connectivity index (χ0n) is 11.5. The quantitative estimate of drug-likeness (QED) is 0.576. The number of aliphatic carboxylic acids is 1. The Morgan fingerprint density at radius 3 is 2.86 bits per heavy atom. The van der Waals surface area contributed by atoms with Gasteiger partial charge in [0.1, 0.15) is 11.5 Å². The molecule has 1 amide bonds. The highest BCUT2D eigenvalue weighted by Crippen LogP contribution is 2.25. The van der Waals surface area contributed by atoms with Crippen molar-refractivity contribution in [1.29, 1.82) is 0 Å². The fourth-order valence-electron chi connectivity index (χ4n) is 1.42. The van der Waals surface area contributed by atoms with E-state index < -0.39 is 5.97 Å². The van der Waals surface area contributed by atoms with Crippen LogP contribution in [0.15, 0.2) is 24.3 Å². The fraction of sp³-hybridized carbons (Fsp3) is 0.200. The number of methoxy groups -OCH3 is 1. The van der Waals surface area contributed by atoms with Gasteiger partial charge in [0.2, 0.25) is 0 Å². The molecule has 21 heavy (non-hydrogen) atoms. The molecule has 1 aromatic rings. The number of carboxylic acids is 1. The lowest BCUT2D eigenvalue weighted by atomic mass is 10.1. The smallest absolute Gasteiger partial charge is 0.328 e. The summed E-state index contributed by atoms with van der Waals surface area (Å²) in [6.07, 6.45) is 7.36. The number of nitrogens with one attached hydrogen (secondary N) is 1. The van der Waals surface area contributed by atoms with Crippen molar-refractivity contribution in [2.75, 3.05) is 20.3 Å². The van der Waals surface area contributed by atoms with E-state index in [1.54, 1.807) is 18.2 Å². The minimum Gasteiger partial charge on any atom is -0.497 e. The maximum Gasteiger partial charge on any atom is 0.328 e. The van der Waals surface area contributed by atoms with Crippen LogP contribution in [0, 0.1) is 12.3 Å². The lowest BCUT2D eigenvalue weighted by molar-refractivity contribution is -0.131. The molecule has 110 valence electrons. The topological polar surface area (TPSA) is 84.9 Å². The number of rotatable bonds is 7. The standard InChI is InChI=1S/C15H15NO5/c1-3-8-16-14(17)10-21-13-6-5-12(20-2)9-11(13)4-7-15(18)19/h1,4-7,9H,8,10H2,2H3,(H,16,17)(H,18,19)/b7-4+. The summed E-state index contributed by atoms with van der Waals surface area (Å²) in [5.41, 5.74) is 0.487. The fourth-order valence-corrected chi connectivity index (χ4v) is 1.42. The molecule has 0 bridgehead atoms. The van der Waals surface area contributed by atoms with Crippen molar-refractivity contribution in [3.8, 4) is 23.8 Å². The molecule has 0 atom stereocenters. The lowest BCUT2D eigenvalue weighted by Gasteiger charge is -2.10. The summed E-state index contributed by atoms with van der Waals surface area (Å²) in [4.78, 5) is 22.0. The SMILES string of the molecule is C#CCNC(=O)COc1ccc(OC)cc1/C=C/C(=O)O. The van der Waals surface area contributed by atoms with Gasteiger partial charge in [-0.05, 0) is 24.3 Å². The lowest BCUT2D eigenvalue weighted by Crippen LogP contribution is -2.29. The summed E-state index contributed by atoms with van der Waals surface area (Å²) in [6, 6.07) is 4.84. The van der Waals surface area contributed by atoms with Gasteiger partial charge < -0.3 is 19.9 Å². The molecule has 1 rings (SSSR count). The van der Waals surface area contributed by atoms with Gasteiger partial charge in [0.15, 0.2) is 6.61 Å². The molecule has 0 saturated carbocycles. The van der Waals surface area contributed by atoms with Crippen molar-refractivity contribution < 1.29 is 24.2 Å². The molecule has 0 unspecified atom stereocenters. The number of hydrogen-bond acceptors (Lipinski definition) is 4. The number of carbonyl (C=O) groups is 2. The van der Waals surface area contributed by atoms with Crippen LogP contribution in [0.5, 0.6) is 11.5 Å². The van der Waals surface area contributed by atoms with E-state index in [0.717, 1.165) is 6.08 Å². The van der Waals surface area contributed by atoms with Gasteiger partial charge >= 0.3 is 5.97 Å². The van der Waals surface area contributed by atoms with Crippen LogP contribution in [-0.2, 0) is 9.59 Å². The Morgan fingerprint density at radius 1 is 1.48 bits per heavy atom. The van der Waals surface area contributed by atoms with Crippen LogP contribution in [0.3, 0.4) is 0 Å². The average Bonchev–Trinajstić information content (AvgIpc) is 2.48. The monoisotopic (exact) mass is 289 g/mol. The Hall–Kier alpha value is -2.94. The maximum atomic E-state index is 11.4. The van der Waals surface area contributed by atoms with Crippen molar-refractivity contribution in [2.45, 2.75) is 0 Å². The predicted molar refractivity (Wildman–Crippen MR) is 77.0 cm³/mol. The molecule has 0 radical (unpaired) electrons. The second-order valence-electron chi connectivity index (χ2n) is 3.84. The molecule has 0 aliphatic rings. The molecule has 0 aliphatic heterocycles. The molecule has 0 aliphatic carbocycles.